The predicted octanol–water partition coefficient (Wildman–Crippen LogP) is 2.19. The van der Waals surface area contributed by atoms with Crippen LogP contribution in [0.3, 0.4) is 0 Å². The standard InChI is InChI=1S/C13H12O2/c1-8-11-5-3-2-4-9(11)6-10-7-12(8)15-13(10)14/h2-5,10,12H,1,6-7H2/t10-,12-/m1/s1. The van der Waals surface area contributed by atoms with Crippen molar-refractivity contribution < 1.29 is 9.53 Å². The lowest BCUT2D eigenvalue weighted by atomic mass is 9.97. The van der Waals surface area contributed by atoms with E-state index in [2.05, 4.69) is 18.7 Å². The maximum Gasteiger partial charge on any atom is 0.310 e. The quantitative estimate of drug-likeness (QED) is 0.600. The maximum absolute atomic E-state index is 11.5. The molecule has 1 aliphatic heterocycles. The minimum absolute atomic E-state index is 0.0374. The van der Waals surface area contributed by atoms with Crippen LogP contribution in [0.1, 0.15) is 17.5 Å². The highest BCUT2D eigenvalue weighted by atomic mass is 16.6. The lowest BCUT2D eigenvalue weighted by molar-refractivity contribution is -0.142. The number of ether oxygens (including phenoxy) is 1. The van der Waals surface area contributed by atoms with Crippen molar-refractivity contribution in [3.63, 3.8) is 0 Å². The van der Waals surface area contributed by atoms with Gasteiger partial charge in [0.05, 0.1) is 5.92 Å². The van der Waals surface area contributed by atoms with Crippen LogP contribution in [-0.4, -0.2) is 12.1 Å². The van der Waals surface area contributed by atoms with E-state index in [0.717, 1.165) is 24.0 Å². The first-order valence-electron chi connectivity index (χ1n) is 5.23. The summed E-state index contributed by atoms with van der Waals surface area (Å²) in [6.45, 7) is 4.05. The van der Waals surface area contributed by atoms with Gasteiger partial charge in [-0.25, -0.2) is 0 Å². The van der Waals surface area contributed by atoms with E-state index in [1.54, 1.807) is 0 Å². The second-order valence-corrected chi connectivity index (χ2v) is 4.24. The molecule has 2 heteroatoms. The average Bonchev–Trinajstić information content (AvgIpc) is 2.53. The SMILES string of the molecule is C=C1c2ccccc2C[C@@H]2C[C@H]1OC2=O. The van der Waals surface area contributed by atoms with Crippen molar-refractivity contribution in [3.8, 4) is 0 Å². The second-order valence-electron chi connectivity index (χ2n) is 4.24. The molecule has 0 spiro atoms. The van der Waals surface area contributed by atoms with Crippen LogP contribution in [0.25, 0.3) is 5.57 Å². The van der Waals surface area contributed by atoms with E-state index in [-0.39, 0.29) is 18.0 Å². The van der Waals surface area contributed by atoms with Gasteiger partial charge in [0.1, 0.15) is 6.10 Å². The summed E-state index contributed by atoms with van der Waals surface area (Å²) in [5, 5.41) is 0. The highest BCUT2D eigenvalue weighted by Gasteiger charge is 2.39. The summed E-state index contributed by atoms with van der Waals surface area (Å²) in [6.07, 6.45) is 1.50. The van der Waals surface area contributed by atoms with Gasteiger partial charge in [-0.1, -0.05) is 30.8 Å². The number of hydrogen-bond acceptors (Lipinski definition) is 2. The minimum atomic E-state index is -0.0915. The number of fused-ring (bicyclic) bond motifs is 3. The van der Waals surface area contributed by atoms with Crippen LogP contribution in [0.15, 0.2) is 30.8 Å². The van der Waals surface area contributed by atoms with E-state index >= 15 is 0 Å². The Kier molecular flexibility index (Phi) is 1.72. The first-order valence-corrected chi connectivity index (χ1v) is 5.23. The number of hydrogen-bond donors (Lipinski definition) is 0. The molecule has 1 fully saturated rings. The fraction of sp³-hybridized carbons (Fsp3) is 0.308. The smallest absolute Gasteiger partial charge is 0.310 e. The molecule has 2 aliphatic rings. The Hall–Kier alpha value is -1.57. The van der Waals surface area contributed by atoms with E-state index < -0.39 is 0 Å². The third kappa shape index (κ3) is 1.21. The number of benzene rings is 1. The average molecular weight is 200 g/mol. The second kappa shape index (κ2) is 2.96. The normalized spacial score (nSPS) is 28.3. The fourth-order valence-corrected chi connectivity index (χ4v) is 2.47. The van der Waals surface area contributed by atoms with Crippen LogP contribution in [0.5, 0.6) is 0 Å². The molecular formula is C13H12O2. The number of esters is 1. The van der Waals surface area contributed by atoms with Gasteiger partial charge < -0.3 is 4.74 Å². The molecule has 0 aromatic heterocycles. The maximum atomic E-state index is 11.5. The number of carbonyl (C=O) groups is 1. The summed E-state index contributed by atoms with van der Waals surface area (Å²) in [4.78, 5) is 11.5. The lowest BCUT2D eigenvalue weighted by Gasteiger charge is -2.15. The molecule has 1 aliphatic carbocycles. The summed E-state index contributed by atoms with van der Waals surface area (Å²) in [5.41, 5.74) is 3.35. The van der Waals surface area contributed by atoms with Crippen molar-refractivity contribution in [1.29, 1.82) is 0 Å². The molecule has 1 aromatic carbocycles. The van der Waals surface area contributed by atoms with E-state index in [4.69, 9.17) is 4.74 Å². The summed E-state index contributed by atoms with van der Waals surface area (Å²) in [6, 6.07) is 8.15. The zero-order valence-corrected chi connectivity index (χ0v) is 8.40. The van der Waals surface area contributed by atoms with Gasteiger partial charge in [0, 0.05) is 6.42 Å². The van der Waals surface area contributed by atoms with Gasteiger partial charge in [-0.2, -0.15) is 0 Å². The molecule has 15 heavy (non-hydrogen) atoms. The molecule has 76 valence electrons. The van der Waals surface area contributed by atoms with E-state index in [0.29, 0.717) is 0 Å². The van der Waals surface area contributed by atoms with Crippen molar-refractivity contribution in [2.45, 2.75) is 18.9 Å². The molecule has 2 bridgehead atoms. The first kappa shape index (κ1) is 8.72. The van der Waals surface area contributed by atoms with Gasteiger partial charge in [0.2, 0.25) is 0 Å². The Morgan fingerprint density at radius 3 is 3.00 bits per heavy atom. The summed E-state index contributed by atoms with van der Waals surface area (Å²) in [7, 11) is 0. The van der Waals surface area contributed by atoms with Gasteiger partial charge in [-0.05, 0) is 23.1 Å². The summed E-state index contributed by atoms with van der Waals surface area (Å²) in [5.74, 6) is -0.0222. The molecule has 2 nitrogen and oxygen atoms in total. The van der Waals surface area contributed by atoms with Gasteiger partial charge in [0.25, 0.3) is 0 Å². The highest BCUT2D eigenvalue weighted by molar-refractivity contribution is 5.82. The molecule has 3 rings (SSSR count). The first-order chi connectivity index (χ1) is 7.25. The molecule has 1 saturated heterocycles. The third-order valence-corrected chi connectivity index (χ3v) is 3.31. The monoisotopic (exact) mass is 200 g/mol. The molecular weight excluding hydrogens is 188 g/mol. The zero-order valence-electron chi connectivity index (χ0n) is 8.40. The largest absolute Gasteiger partial charge is 0.457 e. The molecule has 1 heterocycles. The minimum Gasteiger partial charge on any atom is -0.457 e. The molecule has 2 atom stereocenters. The molecule has 0 N–H and O–H groups in total. The molecule has 0 radical (unpaired) electrons. The van der Waals surface area contributed by atoms with Crippen LogP contribution in [0.2, 0.25) is 0 Å². The molecule has 0 unspecified atom stereocenters. The Morgan fingerprint density at radius 2 is 2.13 bits per heavy atom. The van der Waals surface area contributed by atoms with Crippen molar-refractivity contribution >= 4 is 11.5 Å². The molecule has 0 amide bonds. The Morgan fingerprint density at radius 1 is 1.33 bits per heavy atom. The van der Waals surface area contributed by atoms with E-state index in [1.807, 2.05) is 12.1 Å². The number of carbonyl (C=O) groups excluding carboxylic acids is 1. The fourth-order valence-electron chi connectivity index (χ4n) is 2.47. The van der Waals surface area contributed by atoms with Crippen LogP contribution in [0, 0.1) is 5.92 Å². The van der Waals surface area contributed by atoms with Gasteiger partial charge in [-0.3, -0.25) is 4.79 Å². The topological polar surface area (TPSA) is 26.3 Å². The Labute approximate surface area is 88.6 Å². The summed E-state index contributed by atoms with van der Waals surface area (Å²) >= 11 is 0. The Bertz CT molecular complexity index is 448. The van der Waals surface area contributed by atoms with Crippen molar-refractivity contribution in [2.75, 3.05) is 0 Å². The van der Waals surface area contributed by atoms with Gasteiger partial charge in [-0.15, -0.1) is 0 Å². The van der Waals surface area contributed by atoms with Crippen LogP contribution >= 0.6 is 0 Å². The third-order valence-electron chi connectivity index (χ3n) is 3.31. The zero-order chi connectivity index (χ0) is 10.4. The Balaban J connectivity index is 2.13. The van der Waals surface area contributed by atoms with Crippen LogP contribution in [-0.2, 0) is 16.0 Å². The van der Waals surface area contributed by atoms with Crippen molar-refractivity contribution in [2.24, 2.45) is 5.92 Å². The van der Waals surface area contributed by atoms with E-state index in [9.17, 15) is 4.79 Å². The molecule has 0 saturated carbocycles. The van der Waals surface area contributed by atoms with Crippen LogP contribution in [0.4, 0.5) is 0 Å². The van der Waals surface area contributed by atoms with Gasteiger partial charge >= 0.3 is 5.97 Å². The highest BCUT2D eigenvalue weighted by Crippen LogP contribution is 2.38. The predicted molar refractivity (Wildman–Crippen MR) is 57.2 cm³/mol. The van der Waals surface area contributed by atoms with E-state index in [1.165, 1.54) is 5.56 Å². The number of rotatable bonds is 0. The van der Waals surface area contributed by atoms with Gasteiger partial charge in [0.15, 0.2) is 0 Å². The molecule has 1 aromatic rings. The van der Waals surface area contributed by atoms with Crippen molar-refractivity contribution in [3.05, 3.63) is 42.0 Å². The summed E-state index contributed by atoms with van der Waals surface area (Å²) < 4.78 is 5.30. The lowest BCUT2D eigenvalue weighted by Crippen LogP contribution is -2.14. The van der Waals surface area contributed by atoms with Crippen molar-refractivity contribution in [1.82, 2.24) is 0 Å². The van der Waals surface area contributed by atoms with Crippen LogP contribution < -0.4 is 0 Å².